The van der Waals surface area contributed by atoms with E-state index in [1.807, 2.05) is 6.26 Å². The summed E-state index contributed by atoms with van der Waals surface area (Å²) in [6, 6.07) is 0.459. The molecule has 126 valence electrons. The van der Waals surface area contributed by atoms with Gasteiger partial charge in [0.2, 0.25) is 0 Å². The fourth-order valence-electron chi connectivity index (χ4n) is 2.54. The largest absolute Gasteiger partial charge is 0.313 e. The molecule has 0 bridgehead atoms. The van der Waals surface area contributed by atoms with Gasteiger partial charge in [-0.2, -0.15) is 24.5 Å². The Morgan fingerprint density at radius 1 is 1.29 bits per heavy atom. The van der Waals surface area contributed by atoms with Crippen LogP contribution in [0.15, 0.2) is 0 Å². The van der Waals surface area contributed by atoms with Gasteiger partial charge in [0.05, 0.1) is 0 Å². The van der Waals surface area contributed by atoms with Gasteiger partial charge < -0.3 is 5.32 Å². The van der Waals surface area contributed by atoms with Crippen molar-refractivity contribution in [2.75, 3.05) is 31.6 Å². The lowest BCUT2D eigenvalue weighted by Gasteiger charge is -2.35. The van der Waals surface area contributed by atoms with Crippen molar-refractivity contribution in [2.45, 2.75) is 52.1 Å². The van der Waals surface area contributed by atoms with Gasteiger partial charge in [-0.25, -0.2) is 4.72 Å². The van der Waals surface area contributed by atoms with Crippen LogP contribution < -0.4 is 10.0 Å². The molecular formula is C14H31N3O2S2. The first-order valence-electron chi connectivity index (χ1n) is 7.85. The van der Waals surface area contributed by atoms with Crippen LogP contribution in [0.2, 0.25) is 0 Å². The van der Waals surface area contributed by atoms with Gasteiger partial charge in [-0.1, -0.05) is 27.2 Å². The zero-order chi connectivity index (χ0) is 15.9. The number of rotatable bonds is 9. The fourth-order valence-corrected chi connectivity index (χ4v) is 4.83. The van der Waals surface area contributed by atoms with Gasteiger partial charge in [0.15, 0.2) is 0 Å². The van der Waals surface area contributed by atoms with Gasteiger partial charge in [-0.05, 0) is 30.8 Å². The van der Waals surface area contributed by atoms with E-state index >= 15 is 0 Å². The molecule has 1 aliphatic rings. The van der Waals surface area contributed by atoms with E-state index in [1.54, 1.807) is 16.1 Å². The predicted molar refractivity (Wildman–Crippen MR) is 92.0 cm³/mol. The van der Waals surface area contributed by atoms with Crippen LogP contribution in [0, 0.1) is 5.92 Å². The molecule has 2 unspecified atom stereocenters. The van der Waals surface area contributed by atoms with E-state index in [2.05, 4.69) is 30.8 Å². The lowest BCUT2D eigenvalue weighted by Crippen LogP contribution is -2.53. The van der Waals surface area contributed by atoms with E-state index in [9.17, 15) is 8.42 Å². The Hall–Kier alpha value is 0.180. The van der Waals surface area contributed by atoms with Gasteiger partial charge in [0.1, 0.15) is 0 Å². The van der Waals surface area contributed by atoms with Gasteiger partial charge in [-0.3, -0.25) is 0 Å². The van der Waals surface area contributed by atoms with E-state index in [-0.39, 0.29) is 6.04 Å². The summed E-state index contributed by atoms with van der Waals surface area (Å²) in [4.78, 5) is 0. The highest BCUT2D eigenvalue weighted by Gasteiger charge is 2.32. The van der Waals surface area contributed by atoms with E-state index < -0.39 is 10.2 Å². The molecule has 0 aromatic carbocycles. The molecule has 0 aliphatic carbocycles. The topological polar surface area (TPSA) is 61.4 Å². The van der Waals surface area contributed by atoms with Crippen LogP contribution in [-0.2, 0) is 10.2 Å². The number of hydrogen-bond donors (Lipinski definition) is 2. The lowest BCUT2D eigenvalue weighted by atomic mass is 10.0. The van der Waals surface area contributed by atoms with Crippen LogP contribution in [0.1, 0.15) is 40.0 Å². The second-order valence-corrected chi connectivity index (χ2v) is 8.86. The first-order valence-corrected chi connectivity index (χ1v) is 10.7. The molecule has 1 heterocycles. The normalized spacial score (nSPS) is 22.6. The Labute approximate surface area is 134 Å². The van der Waals surface area contributed by atoms with Gasteiger partial charge in [0.25, 0.3) is 10.2 Å². The predicted octanol–water partition coefficient (Wildman–Crippen LogP) is 1.67. The highest BCUT2D eigenvalue weighted by atomic mass is 32.2. The van der Waals surface area contributed by atoms with Crippen molar-refractivity contribution in [2.24, 2.45) is 5.92 Å². The molecule has 1 fully saturated rings. The van der Waals surface area contributed by atoms with Crippen molar-refractivity contribution < 1.29 is 8.42 Å². The molecule has 1 rings (SSSR count). The molecule has 1 saturated heterocycles. The maximum absolute atomic E-state index is 12.5. The van der Waals surface area contributed by atoms with Crippen molar-refractivity contribution in [3.63, 3.8) is 0 Å². The third-order valence-electron chi connectivity index (χ3n) is 3.71. The fraction of sp³-hybridized carbons (Fsp3) is 1.00. The van der Waals surface area contributed by atoms with Crippen LogP contribution in [-0.4, -0.2) is 56.4 Å². The minimum atomic E-state index is -3.36. The average Bonchev–Trinajstić information content (AvgIpc) is 2.44. The molecule has 21 heavy (non-hydrogen) atoms. The summed E-state index contributed by atoms with van der Waals surface area (Å²) < 4.78 is 29.5. The molecule has 1 aliphatic heterocycles. The summed E-state index contributed by atoms with van der Waals surface area (Å²) in [6.45, 7) is 8.14. The maximum atomic E-state index is 12.5. The third kappa shape index (κ3) is 6.86. The third-order valence-corrected chi connectivity index (χ3v) is 6.24. The van der Waals surface area contributed by atoms with Gasteiger partial charge in [-0.15, -0.1) is 0 Å². The van der Waals surface area contributed by atoms with E-state index in [0.29, 0.717) is 25.0 Å². The van der Waals surface area contributed by atoms with E-state index in [1.165, 1.54) is 0 Å². The molecule has 0 aromatic rings. The first kappa shape index (κ1) is 19.2. The summed E-state index contributed by atoms with van der Waals surface area (Å²) in [5.74, 6) is 1.33. The Kier molecular flexibility index (Phi) is 8.56. The quantitative estimate of drug-likeness (QED) is 0.672. The van der Waals surface area contributed by atoms with Crippen LogP contribution in [0.4, 0.5) is 0 Å². The SMILES string of the molecule is CSCC(C)CNS(=O)(=O)N1CCCCC1CNC(C)C. The Morgan fingerprint density at radius 2 is 2.00 bits per heavy atom. The maximum Gasteiger partial charge on any atom is 0.279 e. The molecule has 5 nitrogen and oxygen atoms in total. The summed E-state index contributed by atoms with van der Waals surface area (Å²) in [5, 5.41) is 3.37. The molecule has 2 atom stereocenters. The summed E-state index contributed by atoms with van der Waals surface area (Å²) in [5.41, 5.74) is 0. The summed E-state index contributed by atoms with van der Waals surface area (Å²) >= 11 is 1.75. The number of thioether (sulfide) groups is 1. The Balaban J connectivity index is 2.59. The van der Waals surface area contributed by atoms with Crippen molar-refractivity contribution in [1.82, 2.24) is 14.3 Å². The number of nitrogens with one attached hydrogen (secondary N) is 2. The minimum Gasteiger partial charge on any atom is -0.313 e. The smallest absolute Gasteiger partial charge is 0.279 e. The second-order valence-electron chi connectivity index (χ2n) is 6.24. The zero-order valence-corrected chi connectivity index (χ0v) is 15.4. The number of hydrogen-bond acceptors (Lipinski definition) is 4. The van der Waals surface area contributed by atoms with Crippen molar-refractivity contribution in [3.8, 4) is 0 Å². The second kappa shape index (κ2) is 9.35. The van der Waals surface area contributed by atoms with Crippen molar-refractivity contribution >= 4 is 22.0 Å². The highest BCUT2D eigenvalue weighted by Crippen LogP contribution is 2.19. The summed E-state index contributed by atoms with van der Waals surface area (Å²) in [7, 11) is -3.36. The van der Waals surface area contributed by atoms with Gasteiger partial charge in [0, 0.05) is 31.7 Å². The van der Waals surface area contributed by atoms with Crippen LogP contribution in [0.3, 0.4) is 0 Å². The standard InChI is InChI=1S/C14H31N3O2S2/c1-12(2)15-10-14-7-5-6-8-17(14)21(18,19)16-9-13(3)11-20-4/h12-16H,5-11H2,1-4H3. The van der Waals surface area contributed by atoms with Crippen LogP contribution in [0.5, 0.6) is 0 Å². The highest BCUT2D eigenvalue weighted by molar-refractivity contribution is 7.98. The molecule has 0 amide bonds. The lowest BCUT2D eigenvalue weighted by molar-refractivity contribution is 0.239. The summed E-state index contributed by atoms with van der Waals surface area (Å²) in [6.07, 6.45) is 5.06. The molecule has 0 aromatic heterocycles. The Morgan fingerprint density at radius 3 is 2.62 bits per heavy atom. The minimum absolute atomic E-state index is 0.0782. The van der Waals surface area contributed by atoms with Gasteiger partial charge >= 0.3 is 0 Å². The van der Waals surface area contributed by atoms with E-state index in [0.717, 1.165) is 31.6 Å². The van der Waals surface area contributed by atoms with Crippen molar-refractivity contribution in [1.29, 1.82) is 0 Å². The molecule has 0 saturated carbocycles. The number of nitrogens with zero attached hydrogens (tertiary/aromatic N) is 1. The van der Waals surface area contributed by atoms with Crippen LogP contribution in [0.25, 0.3) is 0 Å². The molecular weight excluding hydrogens is 306 g/mol. The molecule has 7 heteroatoms. The monoisotopic (exact) mass is 337 g/mol. The molecule has 0 spiro atoms. The molecule has 2 N–H and O–H groups in total. The van der Waals surface area contributed by atoms with Crippen molar-refractivity contribution in [3.05, 3.63) is 0 Å². The zero-order valence-electron chi connectivity index (χ0n) is 13.8. The van der Waals surface area contributed by atoms with Crippen LogP contribution >= 0.6 is 11.8 Å². The molecule has 0 radical (unpaired) electrons. The average molecular weight is 338 g/mol. The number of piperidine rings is 1. The first-order chi connectivity index (χ1) is 9.86. The van der Waals surface area contributed by atoms with E-state index in [4.69, 9.17) is 0 Å². The Bertz CT molecular complexity index is 388.